The molecule has 0 aromatic carbocycles. The van der Waals surface area contributed by atoms with Gasteiger partial charge in [0.1, 0.15) is 23.6 Å². The molecular weight excluding hydrogens is 276 g/mol. The third-order valence-corrected chi connectivity index (χ3v) is 3.80. The molecule has 0 saturated carbocycles. The molecule has 20 heavy (non-hydrogen) atoms. The number of aromatic nitrogens is 1. The van der Waals surface area contributed by atoms with Gasteiger partial charge in [-0.05, 0) is 23.4 Å². The van der Waals surface area contributed by atoms with Gasteiger partial charge in [-0.25, -0.2) is 4.98 Å². The van der Waals surface area contributed by atoms with Crippen LogP contribution in [-0.4, -0.2) is 9.91 Å². The Kier molecular flexibility index (Phi) is 4.27. The van der Waals surface area contributed by atoms with Crippen LogP contribution in [0.5, 0.6) is 0 Å². The maximum Gasteiger partial charge on any atom is 0.289 e. The fraction of sp³-hybridized carbons (Fsp3) is 0.231. The number of anilines is 1. The molecule has 2 heterocycles. The van der Waals surface area contributed by atoms with E-state index >= 15 is 0 Å². The molecule has 0 amide bonds. The maximum absolute atomic E-state index is 10.6. The van der Waals surface area contributed by atoms with Gasteiger partial charge in [-0.3, -0.25) is 10.1 Å². The van der Waals surface area contributed by atoms with Crippen LogP contribution >= 0.6 is 11.3 Å². The molecule has 6 nitrogen and oxygen atoms in total. The third kappa shape index (κ3) is 2.92. The summed E-state index contributed by atoms with van der Waals surface area (Å²) in [6.07, 6.45) is 2.09. The number of rotatable bonds is 5. The summed E-state index contributed by atoms with van der Waals surface area (Å²) in [5.74, 6) is 0.369. The highest BCUT2D eigenvalue weighted by Gasteiger charge is 2.12. The first-order valence-electron chi connectivity index (χ1n) is 5.99. The highest BCUT2D eigenvalue weighted by Crippen LogP contribution is 2.22. The van der Waals surface area contributed by atoms with Crippen LogP contribution in [0, 0.1) is 21.4 Å². The number of aryl methyl sites for hydroxylation is 1. The van der Waals surface area contributed by atoms with Gasteiger partial charge in [-0.1, -0.05) is 6.92 Å². The molecule has 0 aliphatic heterocycles. The highest BCUT2D eigenvalue weighted by molar-refractivity contribution is 7.10. The normalized spacial score (nSPS) is 10.0. The van der Waals surface area contributed by atoms with Crippen LogP contribution in [0.3, 0.4) is 0 Å². The van der Waals surface area contributed by atoms with Crippen molar-refractivity contribution < 1.29 is 4.92 Å². The molecule has 2 aromatic heterocycles. The van der Waals surface area contributed by atoms with Gasteiger partial charge in [0.15, 0.2) is 0 Å². The summed E-state index contributed by atoms with van der Waals surface area (Å²) in [5, 5.41) is 24.8. The van der Waals surface area contributed by atoms with Crippen LogP contribution < -0.4 is 5.32 Å². The van der Waals surface area contributed by atoms with Crippen molar-refractivity contribution in [2.45, 2.75) is 19.9 Å². The summed E-state index contributed by atoms with van der Waals surface area (Å²) in [6.45, 7) is 2.64. The smallest absolute Gasteiger partial charge is 0.289 e. The lowest BCUT2D eigenvalue weighted by Crippen LogP contribution is -2.04. The lowest BCUT2D eigenvalue weighted by atomic mass is 10.2. The molecule has 0 radical (unpaired) electrons. The van der Waals surface area contributed by atoms with Crippen molar-refractivity contribution in [3.05, 3.63) is 49.8 Å². The van der Waals surface area contributed by atoms with Gasteiger partial charge in [0.25, 0.3) is 5.69 Å². The first-order chi connectivity index (χ1) is 9.65. The largest absolute Gasteiger partial charge is 0.364 e. The molecule has 0 unspecified atom stereocenters. The summed E-state index contributed by atoms with van der Waals surface area (Å²) in [5.41, 5.74) is 1.24. The van der Waals surface area contributed by atoms with Crippen LogP contribution in [0.15, 0.2) is 23.7 Å². The summed E-state index contributed by atoms with van der Waals surface area (Å²) in [4.78, 5) is 15.2. The van der Waals surface area contributed by atoms with Gasteiger partial charge in [0.2, 0.25) is 0 Å². The number of nitriles is 1. The molecule has 2 aromatic rings. The lowest BCUT2D eigenvalue weighted by molar-refractivity contribution is -0.385. The lowest BCUT2D eigenvalue weighted by Gasteiger charge is -2.07. The molecule has 0 bridgehead atoms. The fourth-order valence-electron chi connectivity index (χ4n) is 1.78. The number of pyridine rings is 1. The van der Waals surface area contributed by atoms with Crippen molar-refractivity contribution in [3.8, 4) is 6.07 Å². The predicted molar refractivity (Wildman–Crippen MR) is 76.6 cm³/mol. The van der Waals surface area contributed by atoms with Crippen molar-refractivity contribution in [2.24, 2.45) is 0 Å². The van der Waals surface area contributed by atoms with Crippen LogP contribution in [0.4, 0.5) is 11.5 Å². The fourth-order valence-corrected chi connectivity index (χ4v) is 2.70. The van der Waals surface area contributed by atoms with E-state index in [1.165, 1.54) is 16.5 Å². The Morgan fingerprint density at radius 3 is 3.05 bits per heavy atom. The molecule has 0 aliphatic carbocycles. The number of hydrogen-bond donors (Lipinski definition) is 1. The predicted octanol–water partition coefficient (Wildman–Crippen LogP) is 3.10. The summed E-state index contributed by atoms with van der Waals surface area (Å²) in [6, 6.07) is 5.22. The first-order valence-corrected chi connectivity index (χ1v) is 6.87. The van der Waals surface area contributed by atoms with E-state index in [1.807, 2.05) is 11.4 Å². The van der Waals surface area contributed by atoms with Crippen LogP contribution in [0.2, 0.25) is 0 Å². The van der Waals surface area contributed by atoms with E-state index in [9.17, 15) is 10.1 Å². The summed E-state index contributed by atoms with van der Waals surface area (Å²) in [7, 11) is 0. The van der Waals surface area contributed by atoms with Gasteiger partial charge < -0.3 is 5.32 Å². The summed E-state index contributed by atoms with van der Waals surface area (Å²) >= 11 is 1.63. The van der Waals surface area contributed by atoms with Crippen molar-refractivity contribution in [2.75, 3.05) is 5.32 Å². The van der Waals surface area contributed by atoms with E-state index in [4.69, 9.17) is 5.26 Å². The van der Waals surface area contributed by atoms with Crippen LogP contribution in [0.1, 0.15) is 22.9 Å². The standard InChI is InChI=1S/C13H12N4O2S/c1-2-9-3-4-20-12(9)8-16-13-10(6-14)5-11(7-15-13)17(18)19/h3-5,7H,2,8H2,1H3,(H,15,16). The molecule has 0 aliphatic rings. The molecule has 0 atom stereocenters. The molecule has 102 valence electrons. The topological polar surface area (TPSA) is 91.8 Å². The van der Waals surface area contributed by atoms with E-state index in [1.54, 1.807) is 11.3 Å². The SMILES string of the molecule is CCc1ccsc1CNc1ncc([N+](=O)[O-])cc1C#N. The van der Waals surface area contributed by atoms with Crippen LogP contribution in [0.25, 0.3) is 0 Å². The van der Waals surface area contributed by atoms with Crippen molar-refractivity contribution >= 4 is 22.8 Å². The van der Waals surface area contributed by atoms with Gasteiger partial charge in [-0.2, -0.15) is 5.26 Å². The van der Waals surface area contributed by atoms with Crippen molar-refractivity contribution in [1.82, 2.24) is 4.98 Å². The van der Waals surface area contributed by atoms with Crippen LogP contribution in [-0.2, 0) is 13.0 Å². The Labute approximate surface area is 119 Å². The first kappa shape index (κ1) is 14.0. The average molecular weight is 288 g/mol. The summed E-state index contributed by atoms with van der Waals surface area (Å²) < 4.78 is 0. The van der Waals surface area contributed by atoms with E-state index in [0.29, 0.717) is 12.4 Å². The van der Waals surface area contributed by atoms with Gasteiger partial charge in [0, 0.05) is 10.9 Å². The minimum Gasteiger partial charge on any atom is -0.364 e. The maximum atomic E-state index is 10.6. The second-order valence-corrected chi connectivity index (χ2v) is 5.04. The molecule has 0 saturated heterocycles. The quantitative estimate of drug-likeness (QED) is 0.674. The number of hydrogen-bond acceptors (Lipinski definition) is 6. The number of nitro groups is 1. The zero-order chi connectivity index (χ0) is 14.5. The van der Waals surface area contributed by atoms with Crippen molar-refractivity contribution in [1.29, 1.82) is 5.26 Å². The number of thiophene rings is 1. The number of nitrogens with zero attached hydrogens (tertiary/aromatic N) is 3. The van der Waals surface area contributed by atoms with Crippen molar-refractivity contribution in [3.63, 3.8) is 0 Å². The minimum absolute atomic E-state index is 0.175. The Morgan fingerprint density at radius 1 is 1.60 bits per heavy atom. The minimum atomic E-state index is -0.563. The Bertz CT molecular complexity index is 675. The Morgan fingerprint density at radius 2 is 2.40 bits per heavy atom. The molecular formula is C13H12N4O2S. The van der Waals surface area contributed by atoms with E-state index in [2.05, 4.69) is 23.3 Å². The zero-order valence-electron chi connectivity index (χ0n) is 10.8. The highest BCUT2D eigenvalue weighted by atomic mass is 32.1. The second kappa shape index (κ2) is 6.12. The molecule has 2 rings (SSSR count). The third-order valence-electron chi connectivity index (χ3n) is 2.84. The average Bonchev–Trinajstić information content (AvgIpc) is 2.92. The molecule has 1 N–H and O–H groups in total. The monoisotopic (exact) mass is 288 g/mol. The molecule has 7 heteroatoms. The van der Waals surface area contributed by atoms with E-state index < -0.39 is 4.92 Å². The zero-order valence-corrected chi connectivity index (χ0v) is 11.6. The van der Waals surface area contributed by atoms with Gasteiger partial charge >= 0.3 is 0 Å². The molecule has 0 spiro atoms. The van der Waals surface area contributed by atoms with E-state index in [-0.39, 0.29) is 11.3 Å². The number of nitrogens with one attached hydrogen (secondary N) is 1. The van der Waals surface area contributed by atoms with E-state index in [0.717, 1.165) is 12.6 Å². The molecule has 0 fully saturated rings. The second-order valence-electron chi connectivity index (χ2n) is 4.03. The van der Waals surface area contributed by atoms with Gasteiger partial charge in [0.05, 0.1) is 11.5 Å². The Hall–Kier alpha value is -2.46. The van der Waals surface area contributed by atoms with Gasteiger partial charge in [-0.15, -0.1) is 11.3 Å². The Balaban J connectivity index is 2.18.